The number of ketones is 1. The second-order valence-electron chi connectivity index (χ2n) is 3.29. The van der Waals surface area contributed by atoms with Crippen molar-refractivity contribution < 1.29 is 13.9 Å². The smallest absolute Gasteiger partial charge is 0.166 e. The van der Waals surface area contributed by atoms with Crippen molar-refractivity contribution in [1.82, 2.24) is 0 Å². The normalized spacial score (nSPS) is 12.7. The first-order valence-corrected chi connectivity index (χ1v) is 4.84. The van der Waals surface area contributed by atoms with Crippen molar-refractivity contribution in [2.75, 3.05) is 7.11 Å². The van der Waals surface area contributed by atoms with Crippen LogP contribution < -0.4 is 0 Å². The quantitative estimate of drug-likeness (QED) is 0.700. The number of furan rings is 1. The third kappa shape index (κ3) is 3.00. The third-order valence-electron chi connectivity index (χ3n) is 2.15. The van der Waals surface area contributed by atoms with E-state index in [0.717, 1.165) is 18.4 Å². The van der Waals surface area contributed by atoms with E-state index in [9.17, 15) is 4.79 Å². The van der Waals surface area contributed by atoms with Crippen molar-refractivity contribution in [3.63, 3.8) is 0 Å². The molecule has 1 atom stereocenters. The molecule has 0 saturated carbocycles. The number of ether oxygens (including phenoxy) is 1. The van der Waals surface area contributed by atoms with Crippen LogP contribution in [0.1, 0.15) is 25.3 Å². The second kappa shape index (κ2) is 5.60. The van der Waals surface area contributed by atoms with Gasteiger partial charge in [-0.2, -0.15) is 0 Å². The molecule has 0 bridgehead atoms. The highest BCUT2D eigenvalue weighted by Gasteiger charge is 2.16. The van der Waals surface area contributed by atoms with Crippen LogP contribution in [0.4, 0.5) is 0 Å². The van der Waals surface area contributed by atoms with E-state index in [0.29, 0.717) is 6.42 Å². The summed E-state index contributed by atoms with van der Waals surface area (Å²) >= 11 is 0. The van der Waals surface area contributed by atoms with Crippen LogP contribution in [0.3, 0.4) is 0 Å². The first kappa shape index (κ1) is 11.0. The minimum absolute atomic E-state index is 0.121. The molecule has 1 rings (SSSR count). The fraction of sp³-hybridized carbons (Fsp3) is 0.545. The zero-order valence-corrected chi connectivity index (χ0v) is 8.66. The maximum atomic E-state index is 11.7. The molecule has 0 aliphatic carbocycles. The number of hydrogen-bond donors (Lipinski definition) is 0. The Morgan fingerprint density at radius 1 is 1.64 bits per heavy atom. The van der Waals surface area contributed by atoms with Crippen molar-refractivity contribution >= 4 is 5.78 Å². The average molecular weight is 196 g/mol. The van der Waals surface area contributed by atoms with Gasteiger partial charge in [0.15, 0.2) is 5.78 Å². The first-order chi connectivity index (χ1) is 6.77. The van der Waals surface area contributed by atoms with Crippen LogP contribution in [0.15, 0.2) is 23.0 Å². The maximum Gasteiger partial charge on any atom is 0.166 e. The van der Waals surface area contributed by atoms with Crippen LogP contribution in [0.2, 0.25) is 0 Å². The molecule has 0 spiro atoms. The highest BCUT2D eigenvalue weighted by Crippen LogP contribution is 2.08. The van der Waals surface area contributed by atoms with Crippen LogP contribution in [-0.2, 0) is 16.0 Å². The first-order valence-electron chi connectivity index (χ1n) is 4.84. The summed E-state index contributed by atoms with van der Waals surface area (Å²) in [6, 6.07) is 1.80. The van der Waals surface area contributed by atoms with E-state index in [-0.39, 0.29) is 11.9 Å². The molecule has 78 valence electrons. The lowest BCUT2D eigenvalue weighted by molar-refractivity contribution is -0.128. The van der Waals surface area contributed by atoms with Crippen molar-refractivity contribution in [2.24, 2.45) is 0 Å². The summed E-state index contributed by atoms with van der Waals surface area (Å²) in [6.45, 7) is 2.04. The largest absolute Gasteiger partial charge is 0.472 e. The van der Waals surface area contributed by atoms with Gasteiger partial charge in [0.2, 0.25) is 0 Å². The van der Waals surface area contributed by atoms with E-state index in [4.69, 9.17) is 9.15 Å². The molecule has 0 amide bonds. The molecule has 0 aliphatic rings. The lowest BCUT2D eigenvalue weighted by Crippen LogP contribution is -2.24. The molecule has 3 heteroatoms. The number of hydrogen-bond acceptors (Lipinski definition) is 3. The molecule has 1 heterocycles. The Morgan fingerprint density at radius 2 is 2.43 bits per heavy atom. The monoisotopic (exact) mass is 196 g/mol. The third-order valence-corrected chi connectivity index (χ3v) is 2.15. The highest BCUT2D eigenvalue weighted by molar-refractivity contribution is 5.85. The summed E-state index contributed by atoms with van der Waals surface area (Å²) < 4.78 is 10.0. The lowest BCUT2D eigenvalue weighted by Gasteiger charge is -2.11. The standard InChI is InChI=1S/C11H16O3/c1-3-4-11(13-2)10(12)7-9-5-6-14-8-9/h5-6,8,11H,3-4,7H2,1-2H3. The van der Waals surface area contributed by atoms with Gasteiger partial charge in [-0.15, -0.1) is 0 Å². The van der Waals surface area contributed by atoms with Gasteiger partial charge in [0, 0.05) is 13.5 Å². The van der Waals surface area contributed by atoms with Crippen molar-refractivity contribution in [1.29, 1.82) is 0 Å². The van der Waals surface area contributed by atoms with Crippen molar-refractivity contribution in [3.8, 4) is 0 Å². The van der Waals surface area contributed by atoms with E-state index in [2.05, 4.69) is 0 Å². The summed E-state index contributed by atoms with van der Waals surface area (Å²) in [5.41, 5.74) is 0.910. The number of methoxy groups -OCH3 is 1. The minimum atomic E-state index is -0.269. The van der Waals surface area contributed by atoms with Gasteiger partial charge in [-0.3, -0.25) is 4.79 Å². The summed E-state index contributed by atoms with van der Waals surface area (Å²) in [6.07, 6.45) is 5.04. The van der Waals surface area contributed by atoms with E-state index >= 15 is 0 Å². The maximum absolute atomic E-state index is 11.7. The molecular weight excluding hydrogens is 180 g/mol. The molecular formula is C11H16O3. The Morgan fingerprint density at radius 3 is 2.93 bits per heavy atom. The molecule has 0 fully saturated rings. The molecule has 1 aromatic heterocycles. The molecule has 0 aromatic carbocycles. The molecule has 1 unspecified atom stereocenters. The lowest BCUT2D eigenvalue weighted by atomic mass is 10.0. The van der Waals surface area contributed by atoms with E-state index < -0.39 is 0 Å². The average Bonchev–Trinajstić information content (AvgIpc) is 2.66. The fourth-order valence-electron chi connectivity index (χ4n) is 1.38. The van der Waals surface area contributed by atoms with Gasteiger partial charge in [-0.1, -0.05) is 13.3 Å². The minimum Gasteiger partial charge on any atom is -0.472 e. The Bertz CT molecular complexity index is 264. The molecule has 1 aromatic rings. The topological polar surface area (TPSA) is 39.4 Å². The molecule has 0 aliphatic heterocycles. The van der Waals surface area contributed by atoms with Crippen molar-refractivity contribution in [2.45, 2.75) is 32.3 Å². The number of carbonyl (C=O) groups excluding carboxylic acids is 1. The van der Waals surface area contributed by atoms with Crippen LogP contribution in [0, 0.1) is 0 Å². The van der Waals surface area contributed by atoms with Gasteiger partial charge in [0.25, 0.3) is 0 Å². The Balaban J connectivity index is 2.47. The van der Waals surface area contributed by atoms with Gasteiger partial charge in [-0.25, -0.2) is 0 Å². The molecule has 3 nitrogen and oxygen atoms in total. The van der Waals surface area contributed by atoms with Gasteiger partial charge >= 0.3 is 0 Å². The van der Waals surface area contributed by atoms with Crippen LogP contribution in [0.25, 0.3) is 0 Å². The Hall–Kier alpha value is -1.09. The molecule has 14 heavy (non-hydrogen) atoms. The summed E-state index contributed by atoms with van der Waals surface area (Å²) in [5, 5.41) is 0. The number of carbonyl (C=O) groups is 1. The zero-order valence-electron chi connectivity index (χ0n) is 8.66. The van der Waals surface area contributed by atoms with Gasteiger partial charge in [-0.05, 0) is 18.1 Å². The Kier molecular flexibility index (Phi) is 4.40. The predicted octanol–water partition coefficient (Wildman–Crippen LogP) is 2.21. The van der Waals surface area contributed by atoms with E-state index in [1.165, 1.54) is 0 Å². The molecule has 0 radical (unpaired) electrons. The predicted molar refractivity (Wildman–Crippen MR) is 53.1 cm³/mol. The summed E-state index contributed by atoms with van der Waals surface area (Å²) in [7, 11) is 1.58. The Labute approximate surface area is 84.1 Å². The van der Waals surface area contributed by atoms with Gasteiger partial charge in [0.05, 0.1) is 12.5 Å². The zero-order chi connectivity index (χ0) is 10.4. The van der Waals surface area contributed by atoms with E-state index in [1.54, 1.807) is 25.7 Å². The van der Waals surface area contributed by atoms with Crippen LogP contribution >= 0.6 is 0 Å². The fourth-order valence-corrected chi connectivity index (χ4v) is 1.38. The number of rotatable bonds is 6. The van der Waals surface area contributed by atoms with Crippen LogP contribution in [-0.4, -0.2) is 19.0 Å². The highest BCUT2D eigenvalue weighted by atomic mass is 16.5. The van der Waals surface area contributed by atoms with E-state index in [1.807, 2.05) is 6.92 Å². The van der Waals surface area contributed by atoms with Gasteiger partial charge in [0.1, 0.15) is 6.10 Å². The second-order valence-corrected chi connectivity index (χ2v) is 3.29. The summed E-state index contributed by atoms with van der Waals surface area (Å²) in [4.78, 5) is 11.7. The number of Topliss-reactive ketones (excluding diaryl/α,β-unsaturated/α-hetero) is 1. The molecule has 0 saturated heterocycles. The van der Waals surface area contributed by atoms with Crippen LogP contribution in [0.5, 0.6) is 0 Å². The van der Waals surface area contributed by atoms with Gasteiger partial charge < -0.3 is 9.15 Å². The van der Waals surface area contributed by atoms with Crippen molar-refractivity contribution in [3.05, 3.63) is 24.2 Å². The SMILES string of the molecule is CCCC(OC)C(=O)Cc1ccoc1. The summed E-state index contributed by atoms with van der Waals surface area (Å²) in [5.74, 6) is 0.121. The molecule has 0 N–H and O–H groups in total.